The summed E-state index contributed by atoms with van der Waals surface area (Å²) < 4.78 is 0. The molecule has 1 saturated heterocycles. The van der Waals surface area contributed by atoms with Crippen molar-refractivity contribution in [3.05, 3.63) is 41.6 Å². The van der Waals surface area contributed by atoms with Gasteiger partial charge in [-0.05, 0) is 5.92 Å². The van der Waals surface area contributed by atoms with Crippen LogP contribution in [0.5, 0.6) is 0 Å². The maximum absolute atomic E-state index is 6.08. The van der Waals surface area contributed by atoms with Crippen molar-refractivity contribution in [1.29, 1.82) is 0 Å². The number of hydrogen-bond acceptors (Lipinski definition) is 3. The molecule has 1 aliphatic rings. The number of benzene rings is 1. The Labute approximate surface area is 111 Å². The minimum absolute atomic E-state index is 0.499. The van der Waals surface area contributed by atoms with Gasteiger partial charge in [0.05, 0.1) is 0 Å². The van der Waals surface area contributed by atoms with Crippen LogP contribution in [0.4, 0.5) is 5.82 Å². The lowest BCUT2D eigenvalue weighted by Crippen LogP contribution is -2.45. The first-order valence-electron chi connectivity index (χ1n) is 6.07. The second kappa shape index (κ2) is 4.58. The van der Waals surface area contributed by atoms with Crippen molar-refractivity contribution >= 4 is 17.4 Å². The normalized spacial score (nSPS) is 15.6. The van der Waals surface area contributed by atoms with Gasteiger partial charge in [0.25, 0.3) is 0 Å². The van der Waals surface area contributed by atoms with Gasteiger partial charge in [-0.1, -0.05) is 48.9 Å². The minimum Gasteiger partial charge on any atom is -0.356 e. The van der Waals surface area contributed by atoms with Gasteiger partial charge in [-0.25, -0.2) is 9.97 Å². The zero-order valence-electron chi connectivity index (χ0n) is 10.2. The van der Waals surface area contributed by atoms with Gasteiger partial charge in [0.1, 0.15) is 11.0 Å². The zero-order chi connectivity index (χ0) is 12.5. The number of hydrogen-bond donors (Lipinski definition) is 0. The monoisotopic (exact) mass is 259 g/mol. The smallest absolute Gasteiger partial charge is 0.163 e. The highest BCUT2D eigenvalue weighted by molar-refractivity contribution is 6.29. The van der Waals surface area contributed by atoms with Crippen LogP contribution in [-0.4, -0.2) is 23.1 Å². The third-order valence-corrected chi connectivity index (χ3v) is 3.30. The van der Waals surface area contributed by atoms with Crippen LogP contribution in [0.2, 0.25) is 5.15 Å². The summed E-state index contributed by atoms with van der Waals surface area (Å²) in [7, 11) is 0. The number of rotatable bonds is 2. The summed E-state index contributed by atoms with van der Waals surface area (Å²) in [5.41, 5.74) is 0.995. The van der Waals surface area contributed by atoms with E-state index < -0.39 is 0 Å². The largest absolute Gasteiger partial charge is 0.356 e. The average molecular weight is 260 g/mol. The van der Waals surface area contributed by atoms with Crippen LogP contribution in [0.3, 0.4) is 0 Å². The third kappa shape index (κ3) is 2.18. The molecule has 0 aliphatic carbocycles. The maximum Gasteiger partial charge on any atom is 0.163 e. The highest BCUT2D eigenvalue weighted by Gasteiger charge is 2.24. The molecule has 0 amide bonds. The molecule has 1 aromatic carbocycles. The first kappa shape index (κ1) is 11.5. The summed E-state index contributed by atoms with van der Waals surface area (Å²) >= 11 is 6.08. The van der Waals surface area contributed by atoms with E-state index in [1.54, 1.807) is 0 Å². The average Bonchev–Trinajstić information content (AvgIpc) is 2.35. The fraction of sp³-hybridized carbons (Fsp3) is 0.286. The summed E-state index contributed by atoms with van der Waals surface area (Å²) in [5.74, 6) is 2.35. The van der Waals surface area contributed by atoms with Crippen LogP contribution in [-0.2, 0) is 0 Å². The van der Waals surface area contributed by atoms with E-state index in [-0.39, 0.29) is 0 Å². The van der Waals surface area contributed by atoms with E-state index in [1.807, 2.05) is 36.4 Å². The summed E-state index contributed by atoms with van der Waals surface area (Å²) in [6, 6.07) is 11.8. The molecular formula is C14H14ClN3. The summed E-state index contributed by atoms with van der Waals surface area (Å²) in [6.45, 7) is 4.32. The van der Waals surface area contributed by atoms with Crippen molar-refractivity contribution in [2.24, 2.45) is 5.92 Å². The molecule has 0 spiro atoms. The zero-order valence-corrected chi connectivity index (χ0v) is 10.9. The SMILES string of the molecule is CC1CN(c2cc(Cl)nc(-c3ccccc3)n2)C1. The Bertz CT molecular complexity index is 550. The molecule has 4 heteroatoms. The lowest BCUT2D eigenvalue weighted by molar-refractivity contribution is 0.443. The molecule has 3 nitrogen and oxygen atoms in total. The maximum atomic E-state index is 6.08. The first-order valence-corrected chi connectivity index (χ1v) is 6.45. The van der Waals surface area contributed by atoms with E-state index in [0.29, 0.717) is 11.0 Å². The van der Waals surface area contributed by atoms with Crippen molar-refractivity contribution in [2.45, 2.75) is 6.92 Å². The van der Waals surface area contributed by atoms with Crippen LogP contribution in [0, 0.1) is 5.92 Å². The Morgan fingerprint density at radius 3 is 2.56 bits per heavy atom. The predicted molar refractivity (Wildman–Crippen MR) is 73.9 cm³/mol. The van der Waals surface area contributed by atoms with Crippen molar-refractivity contribution < 1.29 is 0 Å². The van der Waals surface area contributed by atoms with Gasteiger partial charge in [-0.3, -0.25) is 0 Å². The second-order valence-electron chi connectivity index (χ2n) is 4.75. The fourth-order valence-corrected chi connectivity index (χ4v) is 2.35. The van der Waals surface area contributed by atoms with Gasteiger partial charge in [-0.2, -0.15) is 0 Å². The van der Waals surface area contributed by atoms with E-state index in [1.165, 1.54) is 0 Å². The Morgan fingerprint density at radius 1 is 1.17 bits per heavy atom. The lowest BCUT2D eigenvalue weighted by atomic mass is 10.0. The molecule has 0 N–H and O–H groups in total. The van der Waals surface area contributed by atoms with Gasteiger partial charge in [0.15, 0.2) is 5.82 Å². The Morgan fingerprint density at radius 2 is 1.89 bits per heavy atom. The molecule has 2 heterocycles. The minimum atomic E-state index is 0.499. The van der Waals surface area contributed by atoms with Crippen LogP contribution in [0.25, 0.3) is 11.4 Å². The first-order chi connectivity index (χ1) is 8.72. The van der Waals surface area contributed by atoms with E-state index in [0.717, 1.165) is 30.4 Å². The van der Waals surface area contributed by atoms with Gasteiger partial charge in [-0.15, -0.1) is 0 Å². The van der Waals surface area contributed by atoms with Crippen LogP contribution in [0.15, 0.2) is 36.4 Å². The van der Waals surface area contributed by atoms with E-state index >= 15 is 0 Å². The highest BCUT2D eigenvalue weighted by Crippen LogP contribution is 2.26. The number of nitrogens with zero attached hydrogens (tertiary/aromatic N) is 3. The molecule has 0 saturated carbocycles. The van der Waals surface area contributed by atoms with Crippen molar-refractivity contribution in [2.75, 3.05) is 18.0 Å². The number of aromatic nitrogens is 2. The molecule has 1 aliphatic heterocycles. The topological polar surface area (TPSA) is 29.0 Å². The van der Waals surface area contributed by atoms with Crippen molar-refractivity contribution in [3.8, 4) is 11.4 Å². The van der Waals surface area contributed by atoms with Crippen LogP contribution in [0.1, 0.15) is 6.92 Å². The molecule has 1 fully saturated rings. The Kier molecular flexibility index (Phi) is 2.92. The molecule has 0 radical (unpaired) electrons. The molecule has 2 aromatic rings. The van der Waals surface area contributed by atoms with Gasteiger partial charge in [0, 0.05) is 24.7 Å². The van der Waals surface area contributed by atoms with E-state index in [9.17, 15) is 0 Å². The van der Waals surface area contributed by atoms with Gasteiger partial charge in [0.2, 0.25) is 0 Å². The van der Waals surface area contributed by atoms with Gasteiger partial charge >= 0.3 is 0 Å². The van der Waals surface area contributed by atoms with Gasteiger partial charge < -0.3 is 4.90 Å². The fourth-order valence-electron chi connectivity index (χ4n) is 2.17. The van der Waals surface area contributed by atoms with Crippen LogP contribution >= 0.6 is 11.6 Å². The highest BCUT2D eigenvalue weighted by atomic mass is 35.5. The molecule has 3 rings (SSSR count). The second-order valence-corrected chi connectivity index (χ2v) is 5.14. The predicted octanol–water partition coefficient (Wildman–Crippen LogP) is 3.25. The molecule has 0 unspecified atom stereocenters. The lowest BCUT2D eigenvalue weighted by Gasteiger charge is -2.38. The summed E-state index contributed by atoms with van der Waals surface area (Å²) in [5, 5.41) is 0.499. The molecule has 0 atom stereocenters. The number of halogens is 1. The molecule has 0 bridgehead atoms. The summed E-state index contributed by atoms with van der Waals surface area (Å²) in [4.78, 5) is 11.1. The molecule has 1 aromatic heterocycles. The molecule has 92 valence electrons. The molecular weight excluding hydrogens is 246 g/mol. The van der Waals surface area contributed by atoms with E-state index in [4.69, 9.17) is 11.6 Å². The number of anilines is 1. The standard InChI is InChI=1S/C14H14ClN3/c1-10-8-18(9-10)13-7-12(15)16-14(17-13)11-5-3-2-4-6-11/h2-7,10H,8-9H2,1H3. The van der Waals surface area contributed by atoms with Crippen molar-refractivity contribution in [1.82, 2.24) is 9.97 Å². The van der Waals surface area contributed by atoms with Crippen LogP contribution < -0.4 is 4.90 Å². The Hall–Kier alpha value is -1.61. The quantitative estimate of drug-likeness (QED) is 0.776. The molecule has 18 heavy (non-hydrogen) atoms. The third-order valence-electron chi connectivity index (χ3n) is 3.10. The van der Waals surface area contributed by atoms with Crippen molar-refractivity contribution in [3.63, 3.8) is 0 Å². The Balaban J connectivity index is 1.96. The van der Waals surface area contributed by atoms with E-state index in [2.05, 4.69) is 21.8 Å². The summed E-state index contributed by atoms with van der Waals surface area (Å²) in [6.07, 6.45) is 0.